The molecule has 3 fully saturated rings. The molecule has 115 heavy (non-hydrogen) atoms. The van der Waals surface area contributed by atoms with Crippen molar-refractivity contribution in [1.82, 2.24) is 14.7 Å². The smallest absolute Gasteiger partial charge is 0.470 e. The Morgan fingerprint density at radius 2 is 0.661 bits per heavy atom. The minimum absolute atomic E-state index is 0.0503. The van der Waals surface area contributed by atoms with E-state index < -0.39 is 24.9 Å². The molecule has 0 unspecified atom stereocenters. The van der Waals surface area contributed by atoms with Crippen molar-refractivity contribution in [3.63, 3.8) is 0 Å². The number of hydrogen-bond donors (Lipinski definition) is 3. The Morgan fingerprint density at radius 3 is 0.957 bits per heavy atom. The van der Waals surface area contributed by atoms with Crippen molar-refractivity contribution in [1.29, 1.82) is 0 Å². The molecule has 0 radical (unpaired) electrons. The van der Waals surface area contributed by atoms with Crippen LogP contribution in [0.1, 0.15) is 101 Å². The normalized spacial score (nSPS) is 14.6. The number of alkyl halides is 8. The number of hydrogen-bond acceptors (Lipinski definition) is 9. The van der Waals surface area contributed by atoms with Crippen LogP contribution in [0.25, 0.3) is 89.4 Å². The molecule has 3 aromatic heterocycles. The van der Waals surface area contributed by atoms with Crippen LogP contribution in [0.3, 0.4) is 0 Å². The molecule has 0 aliphatic carbocycles. The second kappa shape index (κ2) is 38.8. The predicted molar refractivity (Wildman–Crippen MR) is 437 cm³/mol. The third-order valence-corrected chi connectivity index (χ3v) is 20.6. The molecule has 3 saturated heterocycles. The Hall–Kier alpha value is -10.4. The van der Waals surface area contributed by atoms with Crippen LogP contribution in [-0.4, -0.2) is 112 Å². The summed E-state index contributed by atoms with van der Waals surface area (Å²) in [4.78, 5) is 42.6. The van der Waals surface area contributed by atoms with Gasteiger partial charge in [0.2, 0.25) is 0 Å². The highest BCUT2D eigenvalue weighted by molar-refractivity contribution is 9.10. The lowest BCUT2D eigenvalue weighted by Crippen LogP contribution is -2.42. The van der Waals surface area contributed by atoms with E-state index in [1.165, 1.54) is 51.1 Å². The van der Waals surface area contributed by atoms with Crippen LogP contribution in [0.2, 0.25) is 0 Å². The van der Waals surface area contributed by atoms with Crippen molar-refractivity contribution >= 4 is 69.6 Å². The van der Waals surface area contributed by atoms with Crippen LogP contribution in [0.4, 0.5) is 39.5 Å². The van der Waals surface area contributed by atoms with Crippen molar-refractivity contribution < 1.29 is 77.2 Å². The van der Waals surface area contributed by atoms with Crippen LogP contribution in [0.15, 0.2) is 254 Å². The maximum Gasteiger partial charge on any atom is 0.526 e. The summed E-state index contributed by atoms with van der Waals surface area (Å²) in [6.45, 7) is 4.61. The predicted octanol–water partition coefficient (Wildman–Crippen LogP) is 22.3. The molecule has 0 atom stereocenters. The molecular weight excluding hydrogens is 1600 g/mol. The summed E-state index contributed by atoms with van der Waals surface area (Å²) in [5, 5.41) is 17.4. The Kier molecular flexibility index (Phi) is 28.9. The number of nitrogens with two attached hydrogens (primary N) is 1. The lowest BCUT2D eigenvalue weighted by atomic mass is 9.88. The summed E-state index contributed by atoms with van der Waals surface area (Å²) in [6.07, 6.45) is -0.240. The number of likely N-dealkylation sites (tertiary alicyclic amines) is 3. The van der Waals surface area contributed by atoms with Gasteiger partial charge in [0.05, 0.1) is 11.9 Å². The molecule has 3 aliphatic heterocycles. The SMILES string of the molecule is CCc1ccc(-c2ccc(-c3ccc(C(=O)N4CCC(F)(F)CC4)cc3)cc2-c2ccc(F)cc2)o1.CCc1ccc(B(O)O)o1.ClCCl.NCc1ccc(-c2ccc(-c3ccc(C(=O)N4CCC(F)(F)CC4)cc3)cc2-c2ccc(F)cc2)o1.O=C(c1ccc(-c2ccc(Br)c(-c3ccc(F)cc3)c2)cc1)N1CCC(F)(F)CC1. The first kappa shape index (κ1) is 85.5. The molecule has 25 heteroatoms. The summed E-state index contributed by atoms with van der Waals surface area (Å²) < 4.78 is 139. The number of benzene rings is 9. The van der Waals surface area contributed by atoms with Gasteiger partial charge in [-0.1, -0.05) is 121 Å². The number of nitrogens with zero attached hydrogens (tertiary/aromatic N) is 3. The summed E-state index contributed by atoms with van der Waals surface area (Å²) in [5.41, 5.74) is 19.8. The lowest BCUT2D eigenvalue weighted by molar-refractivity contribution is -0.0503. The highest BCUT2D eigenvalue weighted by atomic mass is 79.9. The summed E-state index contributed by atoms with van der Waals surface area (Å²) in [5.74, 6) is -5.96. The third-order valence-electron chi connectivity index (χ3n) is 19.9. The molecule has 0 spiro atoms. The molecule has 15 rings (SSSR count). The number of furan rings is 3. The van der Waals surface area contributed by atoms with E-state index >= 15 is 0 Å². The van der Waals surface area contributed by atoms with Gasteiger partial charge in [-0.3, -0.25) is 14.4 Å². The Bertz CT molecular complexity index is 5020. The largest absolute Gasteiger partial charge is 0.526 e. The maximum atomic E-state index is 13.6. The van der Waals surface area contributed by atoms with Gasteiger partial charge in [0, 0.05) is 123 Å². The molecule has 3 amide bonds. The quantitative estimate of drug-likeness (QED) is 0.0514. The molecule has 3 aliphatic rings. The number of amides is 3. The average Bonchev–Trinajstić information content (AvgIpc) is 1.77. The minimum Gasteiger partial charge on any atom is -0.470 e. The van der Waals surface area contributed by atoms with E-state index in [1.807, 2.05) is 129 Å². The average molecular weight is 1680 g/mol. The zero-order valence-electron chi connectivity index (χ0n) is 62.7. The van der Waals surface area contributed by atoms with Gasteiger partial charge in [0.25, 0.3) is 35.5 Å². The Labute approximate surface area is 679 Å². The zero-order chi connectivity index (χ0) is 82.1. The maximum absolute atomic E-state index is 13.6. The topological polar surface area (TPSA) is 167 Å². The second-order valence-electron chi connectivity index (χ2n) is 27.6. The van der Waals surface area contributed by atoms with E-state index in [0.29, 0.717) is 28.2 Å². The van der Waals surface area contributed by atoms with E-state index in [4.69, 9.17) is 52.2 Å². The highest BCUT2D eigenvalue weighted by Gasteiger charge is 2.38. The number of aryl methyl sites for hydroxylation is 2. The number of piperidine rings is 3. The minimum atomic E-state index is -2.70. The molecule has 0 saturated carbocycles. The van der Waals surface area contributed by atoms with E-state index in [1.54, 1.807) is 84.9 Å². The van der Waals surface area contributed by atoms with Gasteiger partial charge >= 0.3 is 7.12 Å². The number of rotatable bonds is 15. The van der Waals surface area contributed by atoms with Gasteiger partial charge < -0.3 is 43.7 Å². The molecule has 6 heterocycles. The number of carbonyl (C=O) groups excluding carboxylic acids is 3. The van der Waals surface area contributed by atoms with Crippen LogP contribution >= 0.6 is 39.1 Å². The highest BCUT2D eigenvalue weighted by Crippen LogP contribution is 2.41. The van der Waals surface area contributed by atoms with Gasteiger partial charge in [0.1, 0.15) is 51.9 Å². The van der Waals surface area contributed by atoms with Crippen LogP contribution in [0, 0.1) is 17.5 Å². The fourth-order valence-corrected chi connectivity index (χ4v) is 13.8. The van der Waals surface area contributed by atoms with E-state index in [-0.39, 0.29) is 131 Å². The second-order valence-corrected chi connectivity index (χ2v) is 29.3. The fourth-order valence-electron chi connectivity index (χ4n) is 13.3. The number of carbonyl (C=O) groups is 3. The Morgan fingerprint density at radius 1 is 0.383 bits per heavy atom. The van der Waals surface area contributed by atoms with Crippen LogP contribution in [-0.2, 0) is 19.4 Å². The van der Waals surface area contributed by atoms with Crippen LogP contribution < -0.4 is 11.4 Å². The van der Waals surface area contributed by atoms with Gasteiger partial charge in [-0.25, -0.2) is 39.5 Å². The monoisotopic (exact) mass is 1680 g/mol. The first-order valence-electron chi connectivity index (χ1n) is 37.3. The molecule has 12 nitrogen and oxygen atoms in total. The molecule has 596 valence electrons. The first-order chi connectivity index (χ1) is 55.1. The van der Waals surface area contributed by atoms with Crippen molar-refractivity contribution in [3.05, 3.63) is 292 Å². The van der Waals surface area contributed by atoms with Gasteiger partial charge in [-0.2, -0.15) is 0 Å². The van der Waals surface area contributed by atoms with Crippen molar-refractivity contribution in [2.75, 3.05) is 44.6 Å². The van der Waals surface area contributed by atoms with E-state index in [9.17, 15) is 53.9 Å². The van der Waals surface area contributed by atoms with Crippen molar-refractivity contribution in [3.8, 4) is 89.4 Å². The Balaban J connectivity index is 0.000000158. The van der Waals surface area contributed by atoms with Gasteiger partial charge in [-0.05, 0) is 212 Å². The molecule has 0 bridgehead atoms. The van der Waals surface area contributed by atoms with E-state index in [0.717, 1.165) is 112 Å². The third kappa shape index (κ3) is 22.6. The lowest BCUT2D eigenvalue weighted by Gasteiger charge is -2.31. The molecular formula is C90H81BBrCl2F9N4O8. The van der Waals surface area contributed by atoms with Gasteiger partial charge in [-0.15, -0.1) is 23.2 Å². The fraction of sp³-hybridized carbons (Fsp3) is 0.233. The van der Waals surface area contributed by atoms with Crippen molar-refractivity contribution in [2.24, 2.45) is 5.73 Å². The molecule has 4 N–H and O–H groups in total. The summed E-state index contributed by atoms with van der Waals surface area (Å²) in [6, 6.07) is 69.0. The van der Waals surface area contributed by atoms with E-state index in [2.05, 4.69) is 15.9 Å². The standard InChI is InChI=1S/C30H26F3NO2.C29H25F3N2O2.C24H19BrF3NO.C6H9BO3.CH2Cl2/c1-2-25-12-14-28(36-25)26-13-9-23(19-27(26)21-7-10-24(31)11-8-21)20-3-5-22(6-4-20)29(35)34-17-15-30(32,33)16-18-34;30-23-8-5-20(6-9-23)26-17-22(7-11-25(26)27-12-10-24(18-33)36-27)19-1-3-21(4-2-19)28(35)34-15-13-29(31,32)14-16-34;25-22-10-7-19(15-21(22)17-5-8-20(26)9-6-17)16-1-3-18(4-2-16)23(30)29-13-11-24(27,28)12-14-29;1-2-5-3-4-6(10-5)7(8)9;2-1-3/h3-14,19H,2,15-18H2,1H3;1-12,17H,13-16,18,33H2;1-10,15H,11-14H2;3-4,8-9H,2H2,1H3;1H2. The summed E-state index contributed by atoms with van der Waals surface area (Å²) >= 11 is 13.1. The zero-order valence-corrected chi connectivity index (χ0v) is 65.8. The summed E-state index contributed by atoms with van der Waals surface area (Å²) in [7, 11) is -1.49. The van der Waals surface area contributed by atoms with Crippen molar-refractivity contribution in [2.45, 2.75) is 89.5 Å². The molecule has 12 aromatic rings. The number of halogens is 12. The van der Waals surface area contributed by atoms with Crippen LogP contribution in [0.5, 0.6) is 0 Å². The van der Waals surface area contributed by atoms with Gasteiger partial charge in [0.15, 0.2) is 0 Å². The molecule has 9 aromatic carbocycles. The first-order valence-corrected chi connectivity index (χ1v) is 39.1.